The predicted octanol–water partition coefficient (Wildman–Crippen LogP) is 2.75. The van der Waals surface area contributed by atoms with E-state index in [2.05, 4.69) is 15.4 Å². The SMILES string of the molecule is C[C@H](NC(=O)Cc1ccsc1)c1ccc(-n2cncn2)cc1. The Balaban J connectivity index is 1.62. The number of rotatable bonds is 5. The highest BCUT2D eigenvalue weighted by atomic mass is 32.1. The fraction of sp³-hybridized carbons (Fsp3) is 0.188. The number of nitrogens with zero attached hydrogens (tertiary/aromatic N) is 3. The van der Waals surface area contributed by atoms with Gasteiger partial charge in [-0.3, -0.25) is 4.79 Å². The summed E-state index contributed by atoms with van der Waals surface area (Å²) in [6.45, 7) is 1.98. The average molecular weight is 312 g/mol. The molecule has 0 aliphatic carbocycles. The van der Waals surface area contributed by atoms with Crippen LogP contribution in [-0.2, 0) is 11.2 Å². The first-order valence-electron chi connectivity index (χ1n) is 6.98. The van der Waals surface area contributed by atoms with Gasteiger partial charge in [0, 0.05) is 0 Å². The van der Waals surface area contributed by atoms with Gasteiger partial charge in [-0.05, 0) is 47.0 Å². The van der Waals surface area contributed by atoms with Gasteiger partial charge in [0.1, 0.15) is 12.7 Å². The Morgan fingerprint density at radius 3 is 2.77 bits per heavy atom. The van der Waals surface area contributed by atoms with E-state index in [1.54, 1.807) is 22.3 Å². The summed E-state index contributed by atoms with van der Waals surface area (Å²) in [4.78, 5) is 15.9. The molecular weight excluding hydrogens is 296 g/mol. The molecule has 0 bridgehead atoms. The maximum Gasteiger partial charge on any atom is 0.224 e. The molecule has 0 saturated carbocycles. The minimum Gasteiger partial charge on any atom is -0.349 e. The molecule has 0 saturated heterocycles. The number of carbonyl (C=O) groups is 1. The molecule has 0 aliphatic heterocycles. The van der Waals surface area contributed by atoms with Crippen LogP contribution < -0.4 is 5.32 Å². The number of aromatic nitrogens is 3. The van der Waals surface area contributed by atoms with E-state index in [-0.39, 0.29) is 11.9 Å². The van der Waals surface area contributed by atoms with Gasteiger partial charge < -0.3 is 5.32 Å². The highest BCUT2D eigenvalue weighted by Crippen LogP contribution is 2.15. The highest BCUT2D eigenvalue weighted by Gasteiger charge is 2.10. The zero-order valence-corrected chi connectivity index (χ0v) is 13.0. The maximum absolute atomic E-state index is 12.0. The lowest BCUT2D eigenvalue weighted by molar-refractivity contribution is -0.121. The highest BCUT2D eigenvalue weighted by molar-refractivity contribution is 7.07. The van der Waals surface area contributed by atoms with E-state index in [0.29, 0.717) is 6.42 Å². The number of hydrogen-bond acceptors (Lipinski definition) is 4. The van der Waals surface area contributed by atoms with Gasteiger partial charge in [-0.1, -0.05) is 12.1 Å². The molecule has 3 aromatic rings. The van der Waals surface area contributed by atoms with Crippen molar-refractivity contribution in [3.05, 3.63) is 64.9 Å². The molecular formula is C16H16N4OS. The second-order valence-corrected chi connectivity index (χ2v) is 5.81. The summed E-state index contributed by atoms with van der Waals surface area (Å²) in [5.41, 5.74) is 3.05. The lowest BCUT2D eigenvalue weighted by Gasteiger charge is -2.14. The normalized spacial score (nSPS) is 12.0. The van der Waals surface area contributed by atoms with Crippen molar-refractivity contribution in [1.82, 2.24) is 20.1 Å². The fourth-order valence-electron chi connectivity index (χ4n) is 2.21. The lowest BCUT2D eigenvalue weighted by atomic mass is 10.1. The van der Waals surface area contributed by atoms with E-state index in [4.69, 9.17) is 0 Å². The fourth-order valence-corrected chi connectivity index (χ4v) is 2.88. The molecule has 1 amide bonds. The Labute approximate surface area is 132 Å². The third-order valence-corrected chi connectivity index (χ3v) is 4.13. The summed E-state index contributed by atoms with van der Waals surface area (Å²) in [5.74, 6) is 0.0336. The average Bonchev–Trinajstić information content (AvgIpc) is 3.20. The molecule has 3 rings (SSSR count). The third-order valence-electron chi connectivity index (χ3n) is 3.40. The summed E-state index contributed by atoms with van der Waals surface area (Å²) in [6.07, 6.45) is 3.58. The smallest absolute Gasteiger partial charge is 0.224 e. The molecule has 1 atom stereocenters. The number of nitrogens with one attached hydrogen (secondary N) is 1. The Bertz CT molecular complexity index is 720. The van der Waals surface area contributed by atoms with Crippen LogP contribution in [0.5, 0.6) is 0 Å². The van der Waals surface area contributed by atoms with Gasteiger partial charge in [-0.25, -0.2) is 9.67 Å². The molecule has 5 nitrogen and oxygen atoms in total. The van der Waals surface area contributed by atoms with Gasteiger partial charge in [0.15, 0.2) is 0 Å². The Kier molecular flexibility index (Phi) is 4.29. The summed E-state index contributed by atoms with van der Waals surface area (Å²) in [5, 5.41) is 11.1. The largest absolute Gasteiger partial charge is 0.349 e. The van der Waals surface area contributed by atoms with Crippen molar-refractivity contribution >= 4 is 17.2 Å². The van der Waals surface area contributed by atoms with Gasteiger partial charge in [0.25, 0.3) is 0 Å². The van der Waals surface area contributed by atoms with Crippen LogP contribution in [0.25, 0.3) is 5.69 Å². The molecule has 1 aromatic carbocycles. The molecule has 112 valence electrons. The van der Waals surface area contributed by atoms with E-state index in [0.717, 1.165) is 16.8 Å². The Morgan fingerprint density at radius 2 is 2.14 bits per heavy atom. The first-order valence-corrected chi connectivity index (χ1v) is 7.92. The minimum absolute atomic E-state index is 0.0315. The van der Waals surface area contributed by atoms with Crippen molar-refractivity contribution in [3.63, 3.8) is 0 Å². The number of hydrogen-bond donors (Lipinski definition) is 1. The molecule has 0 fully saturated rings. The number of amides is 1. The van der Waals surface area contributed by atoms with Crippen LogP contribution in [0.15, 0.2) is 53.7 Å². The van der Waals surface area contributed by atoms with Crippen LogP contribution in [0, 0.1) is 0 Å². The van der Waals surface area contributed by atoms with E-state index in [1.165, 1.54) is 6.33 Å². The summed E-state index contributed by atoms with van der Waals surface area (Å²) in [7, 11) is 0. The summed E-state index contributed by atoms with van der Waals surface area (Å²) in [6, 6.07) is 9.86. The van der Waals surface area contributed by atoms with Gasteiger partial charge in [0.2, 0.25) is 5.91 Å². The van der Waals surface area contributed by atoms with Crippen molar-refractivity contribution in [2.45, 2.75) is 19.4 Å². The van der Waals surface area contributed by atoms with Gasteiger partial charge in [-0.15, -0.1) is 0 Å². The zero-order chi connectivity index (χ0) is 15.4. The maximum atomic E-state index is 12.0. The van der Waals surface area contributed by atoms with E-state index >= 15 is 0 Å². The summed E-state index contributed by atoms with van der Waals surface area (Å²) < 4.78 is 1.70. The monoisotopic (exact) mass is 312 g/mol. The molecule has 0 radical (unpaired) electrons. The number of carbonyl (C=O) groups excluding carboxylic acids is 1. The molecule has 0 spiro atoms. The van der Waals surface area contributed by atoms with Crippen LogP contribution in [0.1, 0.15) is 24.1 Å². The van der Waals surface area contributed by atoms with Crippen LogP contribution in [-0.4, -0.2) is 20.7 Å². The molecule has 0 unspecified atom stereocenters. The molecule has 6 heteroatoms. The molecule has 0 aliphatic rings. The standard InChI is InChI=1S/C16H16N4OS/c1-12(19-16(21)8-13-6-7-22-9-13)14-2-4-15(5-3-14)20-11-17-10-18-20/h2-7,9-12H,8H2,1H3,(H,19,21)/t12-/m0/s1. The van der Waals surface area contributed by atoms with Crippen molar-refractivity contribution in [2.75, 3.05) is 0 Å². The Hall–Kier alpha value is -2.47. The summed E-state index contributed by atoms with van der Waals surface area (Å²) >= 11 is 1.60. The van der Waals surface area contributed by atoms with Crippen LogP contribution in [0.4, 0.5) is 0 Å². The first-order chi connectivity index (χ1) is 10.7. The van der Waals surface area contributed by atoms with Gasteiger partial charge in [0.05, 0.1) is 18.2 Å². The van der Waals surface area contributed by atoms with Gasteiger partial charge >= 0.3 is 0 Å². The molecule has 2 heterocycles. The minimum atomic E-state index is -0.0315. The van der Waals surface area contributed by atoms with Crippen molar-refractivity contribution in [2.24, 2.45) is 0 Å². The van der Waals surface area contributed by atoms with Crippen molar-refractivity contribution < 1.29 is 4.79 Å². The van der Waals surface area contributed by atoms with Crippen LogP contribution >= 0.6 is 11.3 Å². The Morgan fingerprint density at radius 1 is 1.32 bits per heavy atom. The van der Waals surface area contributed by atoms with Crippen molar-refractivity contribution in [1.29, 1.82) is 0 Å². The second kappa shape index (κ2) is 6.53. The first kappa shape index (κ1) is 14.5. The van der Waals surface area contributed by atoms with Gasteiger partial charge in [-0.2, -0.15) is 16.4 Å². The zero-order valence-electron chi connectivity index (χ0n) is 12.1. The predicted molar refractivity (Wildman–Crippen MR) is 85.9 cm³/mol. The quantitative estimate of drug-likeness (QED) is 0.788. The molecule has 22 heavy (non-hydrogen) atoms. The van der Waals surface area contributed by atoms with E-state index in [1.807, 2.05) is 48.0 Å². The number of thiophene rings is 1. The van der Waals surface area contributed by atoms with E-state index < -0.39 is 0 Å². The molecule has 2 aromatic heterocycles. The van der Waals surface area contributed by atoms with Crippen LogP contribution in [0.2, 0.25) is 0 Å². The van der Waals surface area contributed by atoms with E-state index in [9.17, 15) is 4.79 Å². The number of benzene rings is 1. The van der Waals surface area contributed by atoms with Crippen molar-refractivity contribution in [3.8, 4) is 5.69 Å². The molecule has 1 N–H and O–H groups in total. The second-order valence-electron chi connectivity index (χ2n) is 5.03. The lowest BCUT2D eigenvalue weighted by Crippen LogP contribution is -2.27. The van der Waals surface area contributed by atoms with Crippen LogP contribution in [0.3, 0.4) is 0 Å². The third kappa shape index (κ3) is 3.40. The topological polar surface area (TPSA) is 59.8 Å².